The minimum absolute atomic E-state index is 0.0965. The molecule has 1 aromatic carbocycles. The fourth-order valence-corrected chi connectivity index (χ4v) is 3.96. The molecule has 132 valence electrons. The molecule has 1 saturated heterocycles. The molecule has 1 unspecified atom stereocenters. The van der Waals surface area contributed by atoms with Gasteiger partial charge in [-0.15, -0.1) is 0 Å². The number of fused-ring (bicyclic) bond motifs is 1. The Morgan fingerprint density at radius 2 is 2.00 bits per heavy atom. The molecule has 0 saturated carbocycles. The number of nitrogens with one attached hydrogen (secondary N) is 1. The maximum Gasteiger partial charge on any atom is 0.234 e. The Morgan fingerprint density at radius 3 is 2.72 bits per heavy atom. The first-order chi connectivity index (χ1) is 11.9. The number of aromatic nitrogens is 4. The summed E-state index contributed by atoms with van der Waals surface area (Å²) in [6.45, 7) is 10.2. The summed E-state index contributed by atoms with van der Waals surface area (Å²) in [6, 6.07) is 8.18. The standard InChI is InChI=1S/C19H25N5O/c1-5-16-21-13-8-6-7-9-14(13)24(16)10-15-22-17(25-23-15)19(4)11-18(2,3)20-12-19/h6-9,20H,5,10-12H2,1-4H3. The Hall–Kier alpha value is -2.21. The summed E-state index contributed by atoms with van der Waals surface area (Å²) in [4.78, 5) is 9.43. The Kier molecular flexibility index (Phi) is 3.68. The van der Waals surface area contributed by atoms with Crippen LogP contribution in [0.1, 0.15) is 51.7 Å². The molecule has 0 aliphatic carbocycles. The molecule has 6 nitrogen and oxygen atoms in total. The highest BCUT2D eigenvalue weighted by Gasteiger charge is 2.44. The van der Waals surface area contributed by atoms with Gasteiger partial charge < -0.3 is 14.4 Å². The fourth-order valence-electron chi connectivity index (χ4n) is 3.96. The van der Waals surface area contributed by atoms with Gasteiger partial charge in [-0.3, -0.25) is 0 Å². The second-order valence-corrected chi connectivity index (χ2v) is 7.95. The van der Waals surface area contributed by atoms with Gasteiger partial charge in [-0.25, -0.2) is 4.98 Å². The van der Waals surface area contributed by atoms with Crippen molar-refractivity contribution in [2.24, 2.45) is 0 Å². The summed E-state index contributed by atoms with van der Waals surface area (Å²) in [5.74, 6) is 2.48. The second kappa shape index (κ2) is 5.66. The van der Waals surface area contributed by atoms with Gasteiger partial charge in [0, 0.05) is 18.5 Å². The second-order valence-electron chi connectivity index (χ2n) is 7.95. The van der Waals surface area contributed by atoms with Gasteiger partial charge in [0.1, 0.15) is 5.82 Å². The highest BCUT2D eigenvalue weighted by Crippen LogP contribution is 2.36. The molecule has 2 aromatic heterocycles. The van der Waals surface area contributed by atoms with Crippen molar-refractivity contribution in [2.45, 2.75) is 58.0 Å². The van der Waals surface area contributed by atoms with E-state index in [1.54, 1.807) is 0 Å². The molecule has 6 heteroatoms. The third kappa shape index (κ3) is 2.84. The highest BCUT2D eigenvalue weighted by molar-refractivity contribution is 5.76. The van der Waals surface area contributed by atoms with Crippen molar-refractivity contribution in [2.75, 3.05) is 6.54 Å². The molecule has 1 atom stereocenters. The molecule has 1 N–H and O–H groups in total. The number of para-hydroxylation sites is 2. The van der Waals surface area contributed by atoms with Crippen LogP contribution >= 0.6 is 0 Å². The maximum atomic E-state index is 5.64. The van der Waals surface area contributed by atoms with Crippen molar-refractivity contribution in [1.82, 2.24) is 25.0 Å². The zero-order valence-corrected chi connectivity index (χ0v) is 15.3. The third-order valence-electron chi connectivity index (χ3n) is 5.12. The van der Waals surface area contributed by atoms with Gasteiger partial charge in [0.25, 0.3) is 0 Å². The molecule has 0 bridgehead atoms. The molecular weight excluding hydrogens is 314 g/mol. The molecule has 1 aliphatic heterocycles. The number of rotatable bonds is 4. The monoisotopic (exact) mass is 339 g/mol. The van der Waals surface area contributed by atoms with Crippen molar-refractivity contribution in [3.05, 3.63) is 41.8 Å². The van der Waals surface area contributed by atoms with E-state index < -0.39 is 0 Å². The minimum Gasteiger partial charge on any atom is -0.339 e. The van der Waals surface area contributed by atoms with E-state index in [2.05, 4.69) is 48.8 Å². The molecule has 0 spiro atoms. The molecule has 4 rings (SSSR count). The number of imidazole rings is 1. The van der Waals surface area contributed by atoms with Crippen LogP contribution in [0.15, 0.2) is 28.8 Å². The smallest absolute Gasteiger partial charge is 0.234 e. The first-order valence-corrected chi connectivity index (χ1v) is 8.92. The minimum atomic E-state index is -0.112. The van der Waals surface area contributed by atoms with Crippen LogP contribution in [0.25, 0.3) is 11.0 Å². The molecule has 1 aliphatic rings. The summed E-state index contributed by atoms with van der Waals surface area (Å²) in [7, 11) is 0. The van der Waals surface area contributed by atoms with E-state index in [4.69, 9.17) is 14.5 Å². The van der Waals surface area contributed by atoms with Gasteiger partial charge in [-0.2, -0.15) is 4.98 Å². The van der Waals surface area contributed by atoms with Crippen LogP contribution in [0.5, 0.6) is 0 Å². The van der Waals surface area contributed by atoms with Crippen LogP contribution in [0.3, 0.4) is 0 Å². The topological polar surface area (TPSA) is 68.8 Å². The lowest BCUT2D eigenvalue weighted by molar-refractivity contribution is 0.295. The van der Waals surface area contributed by atoms with E-state index in [9.17, 15) is 0 Å². The van der Waals surface area contributed by atoms with Gasteiger partial charge in [-0.05, 0) is 39.3 Å². The van der Waals surface area contributed by atoms with E-state index in [0.29, 0.717) is 12.4 Å². The normalized spacial score (nSPS) is 22.7. The molecule has 0 amide bonds. The Bertz CT molecular complexity index is 910. The van der Waals surface area contributed by atoms with Crippen molar-refractivity contribution in [1.29, 1.82) is 0 Å². The summed E-state index contributed by atoms with van der Waals surface area (Å²) >= 11 is 0. The van der Waals surface area contributed by atoms with E-state index in [1.807, 2.05) is 18.2 Å². The van der Waals surface area contributed by atoms with Crippen molar-refractivity contribution >= 4 is 11.0 Å². The molecule has 25 heavy (non-hydrogen) atoms. The highest BCUT2D eigenvalue weighted by atomic mass is 16.5. The summed E-state index contributed by atoms with van der Waals surface area (Å²) in [5.41, 5.74) is 2.11. The summed E-state index contributed by atoms with van der Waals surface area (Å²) in [6.07, 6.45) is 1.85. The van der Waals surface area contributed by atoms with E-state index in [0.717, 1.165) is 42.1 Å². The summed E-state index contributed by atoms with van der Waals surface area (Å²) < 4.78 is 7.83. The average Bonchev–Trinajstić information content (AvgIpc) is 3.25. The fraction of sp³-hybridized carbons (Fsp3) is 0.526. The molecule has 0 radical (unpaired) electrons. The first-order valence-electron chi connectivity index (χ1n) is 8.92. The molecule has 3 heterocycles. The van der Waals surface area contributed by atoms with Crippen LogP contribution in [0, 0.1) is 0 Å². The number of nitrogens with zero attached hydrogens (tertiary/aromatic N) is 4. The van der Waals surface area contributed by atoms with Crippen LogP contribution in [0.2, 0.25) is 0 Å². The summed E-state index contributed by atoms with van der Waals surface area (Å²) in [5, 5.41) is 7.79. The first kappa shape index (κ1) is 16.3. The van der Waals surface area contributed by atoms with E-state index in [1.165, 1.54) is 0 Å². The molecule has 1 fully saturated rings. The van der Waals surface area contributed by atoms with Gasteiger partial charge in [0.05, 0.1) is 23.0 Å². The molecular formula is C19H25N5O. The number of benzene rings is 1. The van der Waals surface area contributed by atoms with Gasteiger partial charge >= 0.3 is 0 Å². The van der Waals surface area contributed by atoms with Crippen LogP contribution < -0.4 is 5.32 Å². The van der Waals surface area contributed by atoms with Crippen LogP contribution in [0.4, 0.5) is 0 Å². The lowest BCUT2D eigenvalue weighted by Gasteiger charge is -2.20. The lowest BCUT2D eigenvalue weighted by Crippen LogP contribution is -2.31. The molecule has 3 aromatic rings. The third-order valence-corrected chi connectivity index (χ3v) is 5.12. The number of aryl methyl sites for hydroxylation is 1. The zero-order chi connectivity index (χ0) is 17.7. The van der Waals surface area contributed by atoms with Crippen molar-refractivity contribution < 1.29 is 4.52 Å². The average molecular weight is 339 g/mol. The Morgan fingerprint density at radius 1 is 1.20 bits per heavy atom. The Labute approximate surface area is 147 Å². The maximum absolute atomic E-state index is 5.64. The van der Waals surface area contributed by atoms with Gasteiger partial charge in [0.15, 0.2) is 5.82 Å². The van der Waals surface area contributed by atoms with Gasteiger partial charge in [0.2, 0.25) is 5.89 Å². The Balaban J connectivity index is 1.64. The SMILES string of the molecule is CCc1nc2ccccc2n1Cc1noc(C2(C)CNC(C)(C)C2)n1. The largest absolute Gasteiger partial charge is 0.339 e. The predicted molar refractivity (Wildman–Crippen MR) is 96.6 cm³/mol. The van der Waals surface area contributed by atoms with Gasteiger partial charge in [-0.1, -0.05) is 24.2 Å². The zero-order valence-electron chi connectivity index (χ0n) is 15.3. The van der Waals surface area contributed by atoms with E-state index >= 15 is 0 Å². The number of hydrogen-bond donors (Lipinski definition) is 1. The van der Waals surface area contributed by atoms with Crippen molar-refractivity contribution in [3.63, 3.8) is 0 Å². The lowest BCUT2D eigenvalue weighted by atomic mass is 9.84. The quantitative estimate of drug-likeness (QED) is 0.791. The van der Waals surface area contributed by atoms with Crippen molar-refractivity contribution in [3.8, 4) is 0 Å². The predicted octanol–water partition coefficient (Wildman–Crippen LogP) is 3.06. The number of hydrogen-bond acceptors (Lipinski definition) is 5. The van der Waals surface area contributed by atoms with E-state index in [-0.39, 0.29) is 11.0 Å². The van der Waals surface area contributed by atoms with Crippen LogP contribution in [-0.2, 0) is 18.4 Å². The van der Waals surface area contributed by atoms with Crippen LogP contribution in [-0.4, -0.2) is 31.8 Å².